The molecule has 30 heavy (non-hydrogen) atoms. The fraction of sp³-hybridized carbons (Fsp3) is 0.190. The monoisotopic (exact) mass is 405 g/mol. The minimum absolute atomic E-state index is 0.179. The molecule has 0 bridgehead atoms. The lowest BCUT2D eigenvalue weighted by Gasteiger charge is -2.16. The number of hydrogen-bond acceptors (Lipinski definition) is 6. The Morgan fingerprint density at radius 3 is 2.63 bits per heavy atom. The Morgan fingerprint density at radius 1 is 1.20 bits per heavy atom. The molecule has 1 aromatic heterocycles. The molecule has 9 nitrogen and oxygen atoms in total. The second-order valence-electron chi connectivity index (χ2n) is 7.03. The maximum Gasteiger partial charge on any atom is 0.293 e. The van der Waals surface area contributed by atoms with Gasteiger partial charge < -0.3 is 10.2 Å². The van der Waals surface area contributed by atoms with Gasteiger partial charge in [0, 0.05) is 37.0 Å². The number of anilines is 2. The fourth-order valence-corrected chi connectivity index (χ4v) is 3.51. The summed E-state index contributed by atoms with van der Waals surface area (Å²) in [6.45, 7) is 0.487. The summed E-state index contributed by atoms with van der Waals surface area (Å²) in [6, 6.07) is 12.2. The molecule has 1 unspecified atom stereocenters. The van der Waals surface area contributed by atoms with Crippen molar-refractivity contribution in [2.24, 2.45) is 7.05 Å². The van der Waals surface area contributed by atoms with E-state index in [9.17, 15) is 19.7 Å². The van der Waals surface area contributed by atoms with Crippen molar-refractivity contribution in [3.63, 3.8) is 0 Å². The molecule has 0 spiro atoms. The van der Waals surface area contributed by atoms with Crippen LogP contribution in [0.25, 0.3) is 0 Å². The Kier molecular flexibility index (Phi) is 5.01. The largest absolute Gasteiger partial charge is 0.368 e. The molecule has 2 aromatic carbocycles. The second-order valence-corrected chi connectivity index (χ2v) is 7.03. The molecule has 1 amide bonds. The number of rotatable bonds is 6. The van der Waals surface area contributed by atoms with Crippen LogP contribution >= 0.6 is 0 Å². The Balaban J connectivity index is 1.56. The van der Waals surface area contributed by atoms with E-state index in [1.807, 2.05) is 0 Å². The topological polar surface area (TPSA) is 110 Å². The highest BCUT2D eigenvalue weighted by atomic mass is 16.6. The highest BCUT2D eigenvalue weighted by molar-refractivity contribution is 6.09. The van der Waals surface area contributed by atoms with Crippen molar-refractivity contribution in [3.8, 4) is 0 Å². The molecule has 0 radical (unpaired) electrons. The number of nitro groups is 1. The van der Waals surface area contributed by atoms with Crippen molar-refractivity contribution in [2.45, 2.75) is 12.5 Å². The summed E-state index contributed by atoms with van der Waals surface area (Å²) in [4.78, 5) is 38.1. The minimum atomic E-state index is -0.598. The maximum absolute atomic E-state index is 12.8. The highest BCUT2D eigenvalue weighted by Crippen LogP contribution is 2.30. The molecule has 4 rings (SSSR count). The van der Waals surface area contributed by atoms with Gasteiger partial charge in [0.25, 0.3) is 5.69 Å². The third kappa shape index (κ3) is 3.64. The average molecular weight is 405 g/mol. The van der Waals surface area contributed by atoms with Crippen LogP contribution in [-0.4, -0.2) is 39.0 Å². The molecule has 1 atom stereocenters. The van der Waals surface area contributed by atoms with Gasteiger partial charge in [0.2, 0.25) is 5.91 Å². The molecule has 1 saturated heterocycles. The van der Waals surface area contributed by atoms with Gasteiger partial charge in [-0.3, -0.25) is 24.4 Å². The van der Waals surface area contributed by atoms with Gasteiger partial charge >= 0.3 is 0 Å². The molecule has 0 saturated carbocycles. The third-order valence-corrected chi connectivity index (χ3v) is 5.03. The third-order valence-electron chi connectivity index (χ3n) is 5.03. The molecule has 1 N–H and O–H groups in total. The number of nitrogens with one attached hydrogen (secondary N) is 1. The van der Waals surface area contributed by atoms with E-state index in [1.54, 1.807) is 59.4 Å². The predicted molar refractivity (Wildman–Crippen MR) is 111 cm³/mol. The number of aryl methyl sites for hydroxylation is 1. The Bertz CT molecular complexity index is 1130. The number of hydrogen-bond donors (Lipinski definition) is 1. The Hall–Kier alpha value is -4.01. The first-order chi connectivity index (χ1) is 14.4. The number of aromatic nitrogens is 2. The van der Waals surface area contributed by atoms with Crippen molar-refractivity contribution in [1.82, 2.24) is 9.78 Å². The maximum atomic E-state index is 12.8. The molecule has 3 aromatic rings. The predicted octanol–water partition coefficient (Wildman–Crippen LogP) is 2.78. The van der Waals surface area contributed by atoms with Crippen LogP contribution < -0.4 is 10.2 Å². The normalized spacial score (nSPS) is 16.0. The lowest BCUT2D eigenvalue weighted by Crippen LogP contribution is -2.33. The zero-order valence-electron chi connectivity index (χ0n) is 16.2. The Morgan fingerprint density at radius 2 is 1.97 bits per heavy atom. The van der Waals surface area contributed by atoms with Gasteiger partial charge in [-0.2, -0.15) is 5.10 Å². The summed E-state index contributed by atoms with van der Waals surface area (Å²) in [7, 11) is 1.77. The van der Waals surface area contributed by atoms with Crippen LogP contribution in [0.15, 0.2) is 60.9 Å². The standard InChI is InChI=1S/C21H19N5O4/c1-24-13-16(12-22-24)25-10-9-18(21(25)28)23-17-8-7-15(11-19(17)26(29)30)20(27)14-5-3-2-4-6-14/h2-8,11-13,18,23H,9-10H2,1H3. The average Bonchev–Trinajstić information content (AvgIpc) is 3.34. The number of benzene rings is 2. The molecular formula is C21H19N5O4. The van der Waals surface area contributed by atoms with E-state index in [0.29, 0.717) is 24.2 Å². The van der Waals surface area contributed by atoms with Gasteiger partial charge in [0.15, 0.2) is 5.78 Å². The molecule has 0 aliphatic carbocycles. The number of nitrogens with zero attached hydrogens (tertiary/aromatic N) is 4. The summed E-state index contributed by atoms with van der Waals surface area (Å²) >= 11 is 0. The van der Waals surface area contributed by atoms with E-state index in [0.717, 1.165) is 0 Å². The van der Waals surface area contributed by atoms with Crippen molar-refractivity contribution >= 4 is 28.8 Å². The van der Waals surface area contributed by atoms with Crippen molar-refractivity contribution in [3.05, 3.63) is 82.2 Å². The van der Waals surface area contributed by atoms with Crippen LogP contribution in [0.1, 0.15) is 22.3 Å². The van der Waals surface area contributed by atoms with Crippen LogP contribution in [0, 0.1) is 10.1 Å². The number of carbonyl (C=O) groups excluding carboxylic acids is 2. The zero-order chi connectivity index (χ0) is 21.3. The van der Waals surface area contributed by atoms with E-state index in [4.69, 9.17) is 0 Å². The highest BCUT2D eigenvalue weighted by Gasteiger charge is 2.34. The van der Waals surface area contributed by atoms with Gasteiger partial charge in [0.1, 0.15) is 11.7 Å². The van der Waals surface area contributed by atoms with Crippen LogP contribution in [-0.2, 0) is 11.8 Å². The smallest absolute Gasteiger partial charge is 0.293 e. The van der Waals surface area contributed by atoms with E-state index < -0.39 is 11.0 Å². The van der Waals surface area contributed by atoms with E-state index >= 15 is 0 Å². The van der Waals surface area contributed by atoms with Crippen molar-refractivity contribution in [1.29, 1.82) is 0 Å². The SMILES string of the molecule is Cn1cc(N2CCC(Nc3ccc(C(=O)c4ccccc4)cc3[N+](=O)[O-])C2=O)cn1. The molecule has 2 heterocycles. The molecule has 152 valence electrons. The van der Waals surface area contributed by atoms with E-state index in [1.165, 1.54) is 18.2 Å². The van der Waals surface area contributed by atoms with E-state index in [-0.39, 0.29) is 28.6 Å². The molecule has 1 fully saturated rings. The van der Waals surface area contributed by atoms with Gasteiger partial charge in [-0.05, 0) is 18.6 Å². The van der Waals surface area contributed by atoms with Crippen LogP contribution in [0.2, 0.25) is 0 Å². The summed E-state index contributed by atoms with van der Waals surface area (Å²) < 4.78 is 1.61. The first kappa shape index (κ1) is 19.3. The number of nitro benzene ring substituents is 1. The lowest BCUT2D eigenvalue weighted by molar-refractivity contribution is -0.384. The van der Waals surface area contributed by atoms with Crippen molar-refractivity contribution in [2.75, 3.05) is 16.8 Å². The van der Waals surface area contributed by atoms with Crippen LogP contribution in [0.4, 0.5) is 17.1 Å². The molecular weight excluding hydrogens is 386 g/mol. The van der Waals surface area contributed by atoms with Crippen molar-refractivity contribution < 1.29 is 14.5 Å². The minimum Gasteiger partial charge on any atom is -0.368 e. The number of carbonyl (C=O) groups is 2. The Labute approximate surface area is 172 Å². The number of amides is 1. The summed E-state index contributed by atoms with van der Waals surface area (Å²) in [5, 5.41) is 18.7. The lowest BCUT2D eigenvalue weighted by atomic mass is 10.0. The molecule has 9 heteroatoms. The van der Waals surface area contributed by atoms with Gasteiger partial charge in [0.05, 0.1) is 16.8 Å². The molecule has 1 aliphatic heterocycles. The summed E-state index contributed by atoms with van der Waals surface area (Å²) in [6.07, 6.45) is 3.84. The van der Waals surface area contributed by atoms with Crippen LogP contribution in [0.5, 0.6) is 0 Å². The summed E-state index contributed by atoms with van der Waals surface area (Å²) in [5.74, 6) is -0.480. The summed E-state index contributed by atoms with van der Waals surface area (Å²) in [5.41, 5.74) is 1.31. The zero-order valence-corrected chi connectivity index (χ0v) is 16.2. The first-order valence-corrected chi connectivity index (χ1v) is 9.39. The van der Waals surface area contributed by atoms with E-state index in [2.05, 4.69) is 10.4 Å². The quantitative estimate of drug-likeness (QED) is 0.384. The number of ketones is 1. The second kappa shape index (κ2) is 7.78. The van der Waals surface area contributed by atoms with Gasteiger partial charge in [-0.15, -0.1) is 0 Å². The molecule has 1 aliphatic rings. The first-order valence-electron chi connectivity index (χ1n) is 9.39. The van der Waals surface area contributed by atoms with Gasteiger partial charge in [-0.1, -0.05) is 30.3 Å². The fourth-order valence-electron chi connectivity index (χ4n) is 3.51. The van der Waals surface area contributed by atoms with Crippen LogP contribution in [0.3, 0.4) is 0 Å². The van der Waals surface area contributed by atoms with Gasteiger partial charge in [-0.25, -0.2) is 0 Å².